The van der Waals surface area contributed by atoms with E-state index in [1.165, 1.54) is 51.4 Å². The molecule has 0 saturated heterocycles. The summed E-state index contributed by atoms with van der Waals surface area (Å²) >= 11 is 0. The second kappa shape index (κ2) is 16.8. The van der Waals surface area contributed by atoms with Crippen LogP contribution < -0.4 is 0 Å². The van der Waals surface area contributed by atoms with E-state index in [1.54, 1.807) is 7.11 Å². The summed E-state index contributed by atoms with van der Waals surface area (Å²) in [7, 11) is 1.57. The van der Waals surface area contributed by atoms with Crippen molar-refractivity contribution in [2.75, 3.05) is 26.9 Å². The Morgan fingerprint density at radius 2 is 1.14 bits per heavy atom. The Hall–Kier alpha value is -1.10. The molecule has 0 aromatic carbocycles. The van der Waals surface area contributed by atoms with E-state index in [2.05, 4.69) is 6.92 Å². The minimum atomic E-state index is -0.356. The van der Waals surface area contributed by atoms with Crippen molar-refractivity contribution in [3.63, 3.8) is 0 Å². The van der Waals surface area contributed by atoms with Crippen LogP contribution >= 0.6 is 0 Å². The van der Waals surface area contributed by atoms with Crippen molar-refractivity contribution in [3.05, 3.63) is 0 Å². The summed E-state index contributed by atoms with van der Waals surface area (Å²) in [5, 5.41) is 0. The molecule has 0 spiro atoms. The van der Waals surface area contributed by atoms with E-state index in [1.807, 2.05) is 0 Å². The van der Waals surface area contributed by atoms with E-state index < -0.39 is 0 Å². The first kappa shape index (κ1) is 24.9. The molecular weight excluding hydrogens is 356 g/mol. The van der Waals surface area contributed by atoms with Crippen LogP contribution in [0.15, 0.2) is 0 Å². The topological polar surface area (TPSA) is 61.8 Å². The Morgan fingerprint density at radius 1 is 0.679 bits per heavy atom. The molecule has 5 nitrogen and oxygen atoms in total. The molecule has 28 heavy (non-hydrogen) atoms. The van der Waals surface area contributed by atoms with Crippen molar-refractivity contribution in [1.82, 2.24) is 0 Å². The van der Waals surface area contributed by atoms with Gasteiger partial charge in [-0.1, -0.05) is 77.6 Å². The molecule has 0 N–H and O–H groups in total. The van der Waals surface area contributed by atoms with Crippen molar-refractivity contribution in [1.29, 1.82) is 0 Å². The molecule has 1 aliphatic carbocycles. The van der Waals surface area contributed by atoms with Crippen LogP contribution in [0.3, 0.4) is 0 Å². The Balaban J connectivity index is 2.13. The highest BCUT2D eigenvalue weighted by Gasteiger charge is 2.37. The average Bonchev–Trinajstić information content (AvgIpc) is 2.72. The predicted octanol–water partition coefficient (Wildman–Crippen LogP) is 5.45. The average molecular weight is 399 g/mol. The summed E-state index contributed by atoms with van der Waals surface area (Å²) < 4.78 is 15.6. The molecular formula is C23H42O5. The number of methoxy groups -OCH3 is 1. The molecule has 1 aliphatic rings. The molecule has 0 aromatic rings. The third kappa shape index (κ3) is 11.0. The lowest BCUT2D eigenvalue weighted by molar-refractivity contribution is -0.163. The van der Waals surface area contributed by atoms with Gasteiger partial charge in [-0.2, -0.15) is 0 Å². The molecule has 0 heterocycles. The highest BCUT2D eigenvalue weighted by Crippen LogP contribution is 2.32. The fourth-order valence-corrected chi connectivity index (χ4v) is 3.90. The van der Waals surface area contributed by atoms with Crippen molar-refractivity contribution in [2.45, 2.75) is 96.8 Å². The van der Waals surface area contributed by atoms with Crippen LogP contribution in [-0.2, 0) is 23.8 Å². The molecule has 1 rings (SSSR count). The summed E-state index contributed by atoms with van der Waals surface area (Å²) in [6, 6.07) is 0. The number of esters is 2. The summed E-state index contributed by atoms with van der Waals surface area (Å²) in [6.45, 7) is 3.34. The van der Waals surface area contributed by atoms with Crippen LogP contribution in [0.4, 0.5) is 0 Å². The molecule has 164 valence electrons. The van der Waals surface area contributed by atoms with Gasteiger partial charge in [0.05, 0.1) is 25.0 Å². The molecule has 2 unspecified atom stereocenters. The Bertz CT molecular complexity index is 410. The Labute approximate surface area is 171 Å². The van der Waals surface area contributed by atoms with Crippen LogP contribution in [-0.4, -0.2) is 38.9 Å². The van der Waals surface area contributed by atoms with Gasteiger partial charge in [0.25, 0.3) is 0 Å². The lowest BCUT2D eigenvalue weighted by atomic mass is 9.79. The first-order chi connectivity index (χ1) is 13.7. The first-order valence-electron chi connectivity index (χ1n) is 11.5. The second-order valence-electron chi connectivity index (χ2n) is 8.01. The fourth-order valence-electron chi connectivity index (χ4n) is 3.90. The number of carbonyl (C=O) groups excluding carboxylic acids is 2. The molecule has 0 aromatic heterocycles. The summed E-state index contributed by atoms with van der Waals surface area (Å²) in [5.74, 6) is -1.19. The molecule has 2 atom stereocenters. The lowest BCUT2D eigenvalue weighted by Crippen LogP contribution is -2.35. The first-order valence-corrected chi connectivity index (χ1v) is 11.5. The van der Waals surface area contributed by atoms with Gasteiger partial charge in [0.15, 0.2) is 0 Å². The molecule has 0 bridgehead atoms. The van der Waals surface area contributed by atoms with E-state index in [0.717, 1.165) is 32.1 Å². The zero-order chi connectivity index (χ0) is 20.5. The standard InChI is InChI=1S/C23H42O5/c1-3-4-5-6-7-8-9-10-11-14-17-27-22(24)20-15-12-13-16-21(20)23(25)28-19-18-26-2/h20-21H,3-19H2,1-2H3. The van der Waals surface area contributed by atoms with Gasteiger partial charge in [-0.05, 0) is 19.3 Å². The van der Waals surface area contributed by atoms with Gasteiger partial charge >= 0.3 is 11.9 Å². The number of unbranched alkanes of at least 4 members (excludes halogenated alkanes) is 9. The third-order valence-electron chi connectivity index (χ3n) is 5.65. The highest BCUT2D eigenvalue weighted by molar-refractivity contribution is 5.82. The smallest absolute Gasteiger partial charge is 0.309 e. The number of hydrogen-bond acceptors (Lipinski definition) is 5. The second-order valence-corrected chi connectivity index (χ2v) is 8.01. The van der Waals surface area contributed by atoms with Crippen molar-refractivity contribution in [3.8, 4) is 0 Å². The third-order valence-corrected chi connectivity index (χ3v) is 5.65. The molecule has 1 fully saturated rings. The minimum Gasteiger partial charge on any atom is -0.465 e. The molecule has 0 amide bonds. The van der Waals surface area contributed by atoms with Gasteiger partial charge in [-0.3, -0.25) is 9.59 Å². The largest absolute Gasteiger partial charge is 0.465 e. The van der Waals surface area contributed by atoms with Crippen molar-refractivity contribution in [2.24, 2.45) is 11.8 Å². The van der Waals surface area contributed by atoms with Crippen LogP contribution in [0.2, 0.25) is 0 Å². The zero-order valence-corrected chi connectivity index (χ0v) is 18.2. The Kier molecular flexibility index (Phi) is 15.0. The minimum absolute atomic E-state index is 0.218. The lowest BCUT2D eigenvalue weighted by Gasteiger charge is -2.28. The quantitative estimate of drug-likeness (QED) is 0.256. The maximum atomic E-state index is 12.4. The molecule has 0 radical (unpaired) electrons. The highest BCUT2D eigenvalue weighted by atomic mass is 16.6. The van der Waals surface area contributed by atoms with Gasteiger partial charge < -0.3 is 14.2 Å². The normalized spacial score (nSPS) is 19.4. The summed E-state index contributed by atoms with van der Waals surface area (Å²) in [4.78, 5) is 24.7. The van der Waals surface area contributed by atoms with Gasteiger partial charge in [-0.15, -0.1) is 0 Å². The van der Waals surface area contributed by atoms with E-state index in [0.29, 0.717) is 19.6 Å². The Morgan fingerprint density at radius 3 is 1.64 bits per heavy atom. The van der Waals surface area contributed by atoms with Crippen molar-refractivity contribution < 1.29 is 23.8 Å². The summed E-state index contributed by atoms with van der Waals surface area (Å²) in [5.41, 5.74) is 0. The number of rotatable bonds is 16. The maximum Gasteiger partial charge on any atom is 0.309 e. The van der Waals surface area contributed by atoms with Crippen LogP contribution in [0.1, 0.15) is 96.8 Å². The SMILES string of the molecule is CCCCCCCCCCCCOC(=O)C1CCCCC1C(=O)OCCOC. The molecule has 1 saturated carbocycles. The van der Waals surface area contributed by atoms with Gasteiger partial charge in [0.2, 0.25) is 0 Å². The van der Waals surface area contributed by atoms with E-state index in [4.69, 9.17) is 14.2 Å². The van der Waals surface area contributed by atoms with Crippen LogP contribution in [0, 0.1) is 11.8 Å². The predicted molar refractivity (Wildman–Crippen MR) is 111 cm³/mol. The van der Waals surface area contributed by atoms with Gasteiger partial charge in [0.1, 0.15) is 6.61 Å². The van der Waals surface area contributed by atoms with E-state index in [9.17, 15) is 9.59 Å². The number of hydrogen-bond donors (Lipinski definition) is 0. The summed E-state index contributed by atoms with van der Waals surface area (Å²) in [6.07, 6.45) is 15.9. The van der Waals surface area contributed by atoms with Crippen LogP contribution in [0.5, 0.6) is 0 Å². The fraction of sp³-hybridized carbons (Fsp3) is 0.913. The molecule has 5 heteroatoms. The monoisotopic (exact) mass is 398 g/mol. The number of ether oxygens (including phenoxy) is 3. The van der Waals surface area contributed by atoms with Crippen molar-refractivity contribution >= 4 is 11.9 Å². The van der Waals surface area contributed by atoms with E-state index >= 15 is 0 Å². The van der Waals surface area contributed by atoms with Crippen LogP contribution in [0.25, 0.3) is 0 Å². The maximum absolute atomic E-state index is 12.4. The number of carbonyl (C=O) groups is 2. The van der Waals surface area contributed by atoms with E-state index in [-0.39, 0.29) is 30.4 Å². The molecule has 0 aliphatic heterocycles. The zero-order valence-electron chi connectivity index (χ0n) is 18.2. The van der Waals surface area contributed by atoms with Gasteiger partial charge in [-0.25, -0.2) is 0 Å². The van der Waals surface area contributed by atoms with Gasteiger partial charge in [0, 0.05) is 7.11 Å².